The maximum atomic E-state index is 13.4. The Morgan fingerprint density at radius 1 is 1.05 bits per heavy atom. The number of likely N-dealkylation sites (tertiary alicyclic amines) is 1. The maximum Gasteiger partial charge on any atom is 0.246 e. The topological polar surface area (TPSA) is 159 Å². The fourth-order valence-electron chi connectivity index (χ4n) is 4.47. The molecule has 37 heavy (non-hydrogen) atoms. The molecule has 0 radical (unpaired) electrons. The lowest BCUT2D eigenvalue weighted by Crippen LogP contribution is -2.57. The zero-order valence-corrected chi connectivity index (χ0v) is 21.2. The first-order chi connectivity index (χ1) is 17.6. The Labute approximate surface area is 216 Å². The molecule has 3 rings (SSSR count). The zero-order chi connectivity index (χ0) is 27.1. The van der Waals surface area contributed by atoms with Gasteiger partial charge in [-0.3, -0.25) is 19.2 Å². The van der Waals surface area contributed by atoms with E-state index in [1.54, 1.807) is 19.1 Å². The Morgan fingerprint density at radius 3 is 2.30 bits per heavy atom. The van der Waals surface area contributed by atoms with E-state index in [0.717, 1.165) is 11.1 Å². The number of nitrogens with zero attached hydrogens (tertiary/aromatic N) is 2. The van der Waals surface area contributed by atoms with Crippen molar-refractivity contribution in [3.8, 4) is 5.75 Å². The van der Waals surface area contributed by atoms with Crippen LogP contribution >= 0.6 is 0 Å². The van der Waals surface area contributed by atoms with Crippen LogP contribution in [0.5, 0.6) is 5.75 Å². The second-order valence-electron chi connectivity index (χ2n) is 9.45. The predicted octanol–water partition coefficient (Wildman–Crippen LogP) is 0.313. The highest BCUT2D eigenvalue weighted by Gasteiger charge is 2.37. The van der Waals surface area contributed by atoms with Crippen molar-refractivity contribution in [2.75, 3.05) is 13.6 Å². The smallest absolute Gasteiger partial charge is 0.246 e. The van der Waals surface area contributed by atoms with Gasteiger partial charge < -0.3 is 31.7 Å². The molecule has 0 bridgehead atoms. The molecule has 6 N–H and O–H groups in total. The molecule has 0 spiro atoms. The van der Waals surface area contributed by atoms with Crippen LogP contribution in [0.15, 0.2) is 54.6 Å². The highest BCUT2D eigenvalue weighted by molar-refractivity contribution is 5.94. The Balaban J connectivity index is 1.70. The second kappa shape index (κ2) is 12.4. The first-order valence-electron chi connectivity index (χ1n) is 12.3. The number of primary amides is 1. The summed E-state index contributed by atoms with van der Waals surface area (Å²) in [5, 5.41) is 12.2. The fraction of sp³-hybridized carbons (Fsp3) is 0.407. The van der Waals surface area contributed by atoms with E-state index >= 15 is 0 Å². The van der Waals surface area contributed by atoms with E-state index in [1.807, 2.05) is 30.3 Å². The molecule has 1 fully saturated rings. The van der Waals surface area contributed by atoms with Crippen molar-refractivity contribution in [3.63, 3.8) is 0 Å². The van der Waals surface area contributed by atoms with E-state index in [0.29, 0.717) is 19.4 Å². The molecule has 198 valence electrons. The molecule has 4 amide bonds. The van der Waals surface area contributed by atoms with Crippen LogP contribution in [0.1, 0.15) is 30.9 Å². The molecule has 0 aliphatic carbocycles. The number of likely N-dealkylation sites (N-methyl/N-ethyl adjacent to an activating group) is 1. The predicted molar refractivity (Wildman–Crippen MR) is 138 cm³/mol. The monoisotopic (exact) mass is 509 g/mol. The average Bonchev–Trinajstić information content (AvgIpc) is 3.39. The largest absolute Gasteiger partial charge is 0.508 e. The lowest BCUT2D eigenvalue weighted by molar-refractivity contribution is -0.143. The molecule has 10 nitrogen and oxygen atoms in total. The van der Waals surface area contributed by atoms with Gasteiger partial charge in [-0.25, -0.2) is 0 Å². The highest BCUT2D eigenvalue weighted by atomic mass is 16.3. The van der Waals surface area contributed by atoms with Crippen molar-refractivity contribution in [3.05, 3.63) is 65.7 Å². The number of carbonyl (C=O) groups is 4. The molecule has 0 saturated carbocycles. The van der Waals surface area contributed by atoms with Crippen LogP contribution in [-0.2, 0) is 32.0 Å². The van der Waals surface area contributed by atoms with Crippen LogP contribution in [0.3, 0.4) is 0 Å². The third-order valence-electron chi connectivity index (χ3n) is 6.78. The minimum absolute atomic E-state index is 0.113. The van der Waals surface area contributed by atoms with Crippen LogP contribution in [0.4, 0.5) is 0 Å². The van der Waals surface area contributed by atoms with Gasteiger partial charge in [0, 0.05) is 20.0 Å². The van der Waals surface area contributed by atoms with Crippen molar-refractivity contribution >= 4 is 23.6 Å². The summed E-state index contributed by atoms with van der Waals surface area (Å²) in [6, 6.07) is 12.2. The van der Waals surface area contributed by atoms with Crippen LogP contribution in [0, 0.1) is 0 Å². The number of aromatic hydroxyl groups is 1. The third kappa shape index (κ3) is 7.07. The molecule has 2 aromatic rings. The van der Waals surface area contributed by atoms with Gasteiger partial charge in [-0.2, -0.15) is 0 Å². The minimum atomic E-state index is -0.938. The van der Waals surface area contributed by atoms with Gasteiger partial charge in [0.05, 0.1) is 6.04 Å². The van der Waals surface area contributed by atoms with Crippen molar-refractivity contribution in [1.29, 1.82) is 0 Å². The van der Waals surface area contributed by atoms with Crippen LogP contribution in [0.25, 0.3) is 0 Å². The number of phenolic OH excluding ortho intramolecular Hbond substituents is 1. The normalized spacial score (nSPS) is 17.5. The summed E-state index contributed by atoms with van der Waals surface area (Å²) in [4.78, 5) is 54.2. The lowest BCUT2D eigenvalue weighted by Gasteiger charge is -2.31. The Bertz CT molecular complexity index is 1110. The van der Waals surface area contributed by atoms with Gasteiger partial charge in [0.1, 0.15) is 23.9 Å². The Hall–Kier alpha value is -3.92. The number of hydrogen-bond donors (Lipinski definition) is 4. The second-order valence-corrected chi connectivity index (χ2v) is 9.45. The van der Waals surface area contributed by atoms with E-state index in [-0.39, 0.29) is 24.5 Å². The quantitative estimate of drug-likeness (QED) is 0.361. The molecule has 4 atom stereocenters. The van der Waals surface area contributed by atoms with Crippen LogP contribution < -0.4 is 16.8 Å². The molecule has 10 heteroatoms. The van der Waals surface area contributed by atoms with Gasteiger partial charge in [0.15, 0.2) is 0 Å². The molecule has 0 aromatic heterocycles. The molecule has 2 unspecified atom stereocenters. The average molecular weight is 510 g/mol. The first-order valence-corrected chi connectivity index (χ1v) is 12.3. The fourth-order valence-corrected chi connectivity index (χ4v) is 4.47. The van der Waals surface area contributed by atoms with Gasteiger partial charge in [-0.15, -0.1) is 0 Å². The van der Waals surface area contributed by atoms with E-state index in [4.69, 9.17) is 11.5 Å². The van der Waals surface area contributed by atoms with Gasteiger partial charge in [-0.1, -0.05) is 42.5 Å². The number of phenols is 1. The minimum Gasteiger partial charge on any atom is -0.508 e. The van der Waals surface area contributed by atoms with E-state index in [1.165, 1.54) is 29.0 Å². The zero-order valence-electron chi connectivity index (χ0n) is 21.2. The van der Waals surface area contributed by atoms with Crippen molar-refractivity contribution in [2.24, 2.45) is 11.5 Å². The van der Waals surface area contributed by atoms with Crippen molar-refractivity contribution < 1.29 is 24.3 Å². The van der Waals surface area contributed by atoms with Gasteiger partial charge >= 0.3 is 0 Å². The van der Waals surface area contributed by atoms with Crippen LogP contribution in [0.2, 0.25) is 0 Å². The first kappa shape index (κ1) is 27.7. The summed E-state index contributed by atoms with van der Waals surface area (Å²) in [7, 11) is 1.49. The van der Waals surface area contributed by atoms with Gasteiger partial charge in [-0.05, 0) is 49.4 Å². The molecule has 1 aliphatic rings. The summed E-state index contributed by atoms with van der Waals surface area (Å²) < 4.78 is 0. The highest BCUT2D eigenvalue weighted by Crippen LogP contribution is 2.19. The number of benzene rings is 2. The van der Waals surface area contributed by atoms with Crippen molar-refractivity contribution in [1.82, 2.24) is 15.1 Å². The molecular weight excluding hydrogens is 474 g/mol. The number of rotatable bonds is 10. The lowest BCUT2D eigenvalue weighted by atomic mass is 10.0. The molecule has 1 heterocycles. The maximum absolute atomic E-state index is 13.4. The summed E-state index contributed by atoms with van der Waals surface area (Å²) >= 11 is 0. The van der Waals surface area contributed by atoms with Crippen LogP contribution in [-0.4, -0.2) is 76.3 Å². The number of carbonyl (C=O) groups excluding carboxylic acids is 4. The number of amides is 4. The van der Waals surface area contributed by atoms with Crippen molar-refractivity contribution in [2.45, 2.75) is 56.8 Å². The third-order valence-corrected chi connectivity index (χ3v) is 6.78. The number of hydrogen-bond acceptors (Lipinski definition) is 6. The summed E-state index contributed by atoms with van der Waals surface area (Å²) in [5.41, 5.74) is 13.2. The molecule has 2 aromatic carbocycles. The molecular formula is C27H35N5O5. The van der Waals surface area contributed by atoms with Gasteiger partial charge in [0.25, 0.3) is 0 Å². The van der Waals surface area contributed by atoms with E-state index < -0.39 is 41.9 Å². The summed E-state index contributed by atoms with van der Waals surface area (Å²) in [6.07, 6.45) is 1.59. The SMILES string of the molecule is CC(C(=O)N[C@@H](Cc1ccccc1)C(=O)N1CCC[C@@H]1C(N)=O)N(C)C(=O)C(N)Cc1ccc(O)cc1. The Kier molecular flexibility index (Phi) is 9.24. The van der Waals surface area contributed by atoms with Gasteiger partial charge in [0.2, 0.25) is 23.6 Å². The summed E-state index contributed by atoms with van der Waals surface area (Å²) in [6.45, 7) is 1.94. The number of nitrogens with one attached hydrogen (secondary N) is 1. The Morgan fingerprint density at radius 2 is 1.68 bits per heavy atom. The molecule has 1 saturated heterocycles. The number of nitrogens with two attached hydrogens (primary N) is 2. The van der Waals surface area contributed by atoms with E-state index in [2.05, 4.69) is 5.32 Å². The molecule has 1 aliphatic heterocycles. The summed E-state index contributed by atoms with van der Waals surface area (Å²) in [5.74, 6) is -1.80. The van der Waals surface area contributed by atoms with E-state index in [9.17, 15) is 24.3 Å². The standard InChI is InChI=1S/C27H35N5O5/c1-17(31(2)26(36)21(28)15-19-10-12-20(33)13-11-19)25(35)30-22(16-18-7-4-3-5-8-18)27(37)32-14-6-9-23(32)24(29)34/h3-5,7-8,10-13,17,21-23,33H,6,9,14-16,28H2,1-2H3,(H2,29,34)(H,30,35)/t17?,21?,22-,23+/m0/s1.